The van der Waals surface area contributed by atoms with E-state index >= 15 is 0 Å². The van der Waals surface area contributed by atoms with Crippen LogP contribution >= 0.6 is 0 Å². The van der Waals surface area contributed by atoms with Crippen molar-refractivity contribution >= 4 is 16.7 Å². The number of halogens is 3. The molecule has 4 nitrogen and oxygen atoms in total. The number of rotatable bonds is 2. The molecule has 124 valence electrons. The van der Waals surface area contributed by atoms with Crippen LogP contribution in [0.5, 0.6) is 0 Å². The summed E-state index contributed by atoms with van der Waals surface area (Å²) in [5.41, 5.74) is 7.56. The number of aromatic amines is 1. The molecule has 0 spiro atoms. The van der Waals surface area contributed by atoms with Gasteiger partial charge >= 0.3 is 0 Å². The van der Waals surface area contributed by atoms with Crippen LogP contribution in [0.15, 0.2) is 48.7 Å². The van der Waals surface area contributed by atoms with E-state index in [9.17, 15) is 13.2 Å². The van der Waals surface area contributed by atoms with Crippen LogP contribution in [-0.4, -0.2) is 15.0 Å². The van der Waals surface area contributed by atoms with E-state index in [1.165, 1.54) is 24.4 Å². The number of fused-ring (bicyclic) bond motifs is 1. The van der Waals surface area contributed by atoms with Crippen LogP contribution in [0.4, 0.5) is 19.0 Å². The van der Waals surface area contributed by atoms with Crippen molar-refractivity contribution in [2.24, 2.45) is 0 Å². The number of benzene rings is 2. The molecule has 2 aromatic carbocycles. The number of anilines is 1. The zero-order chi connectivity index (χ0) is 17.6. The summed E-state index contributed by atoms with van der Waals surface area (Å²) in [6.45, 7) is 0. The lowest BCUT2D eigenvalue weighted by Crippen LogP contribution is -1.98. The topological polar surface area (TPSA) is 67.6 Å². The summed E-state index contributed by atoms with van der Waals surface area (Å²) in [6, 6.07) is 9.30. The maximum Gasteiger partial charge on any atom is 0.164 e. The molecule has 0 atom stereocenters. The van der Waals surface area contributed by atoms with Crippen molar-refractivity contribution < 1.29 is 13.2 Å². The van der Waals surface area contributed by atoms with Crippen LogP contribution in [0, 0.1) is 17.5 Å². The molecule has 0 aliphatic heterocycles. The van der Waals surface area contributed by atoms with E-state index in [1.54, 1.807) is 18.2 Å². The SMILES string of the molecule is Nc1cc(-c2ccc(F)cc2)nc(-c2c[nH]c3c(F)cc(F)cc23)n1. The lowest BCUT2D eigenvalue weighted by molar-refractivity contribution is 0.591. The summed E-state index contributed by atoms with van der Waals surface area (Å²) in [5.74, 6) is -1.36. The van der Waals surface area contributed by atoms with Gasteiger partial charge < -0.3 is 10.7 Å². The van der Waals surface area contributed by atoms with E-state index in [4.69, 9.17) is 5.73 Å². The van der Waals surface area contributed by atoms with Crippen LogP contribution in [0.25, 0.3) is 33.5 Å². The third-order valence-corrected chi connectivity index (χ3v) is 3.83. The van der Waals surface area contributed by atoms with Crippen LogP contribution in [-0.2, 0) is 0 Å². The molecule has 2 aromatic heterocycles. The smallest absolute Gasteiger partial charge is 0.164 e. The molecule has 4 rings (SSSR count). The Morgan fingerprint density at radius 3 is 2.40 bits per heavy atom. The van der Waals surface area contributed by atoms with Gasteiger partial charge in [-0.2, -0.15) is 0 Å². The molecule has 3 N–H and O–H groups in total. The average Bonchev–Trinajstić information content (AvgIpc) is 2.99. The van der Waals surface area contributed by atoms with E-state index in [-0.39, 0.29) is 23.0 Å². The predicted octanol–water partition coefficient (Wildman–Crippen LogP) is 4.29. The van der Waals surface area contributed by atoms with Gasteiger partial charge in [0.25, 0.3) is 0 Å². The van der Waals surface area contributed by atoms with Crippen molar-refractivity contribution in [1.82, 2.24) is 15.0 Å². The highest BCUT2D eigenvalue weighted by Gasteiger charge is 2.15. The van der Waals surface area contributed by atoms with Crippen molar-refractivity contribution in [3.63, 3.8) is 0 Å². The minimum Gasteiger partial charge on any atom is -0.384 e. The van der Waals surface area contributed by atoms with Gasteiger partial charge in [0.05, 0.1) is 11.2 Å². The standard InChI is InChI=1S/C18H11F3N4/c19-10-3-1-9(2-4-10)15-7-16(22)25-18(24-15)13-8-23-17-12(13)5-11(20)6-14(17)21/h1-8,23H,(H2,22,24,25). The predicted molar refractivity (Wildman–Crippen MR) is 89.0 cm³/mol. The number of H-pyrrole nitrogens is 1. The van der Waals surface area contributed by atoms with Gasteiger partial charge in [-0.1, -0.05) is 0 Å². The van der Waals surface area contributed by atoms with Crippen molar-refractivity contribution in [3.05, 3.63) is 66.1 Å². The summed E-state index contributed by atoms with van der Waals surface area (Å²) in [5, 5.41) is 0.313. The van der Waals surface area contributed by atoms with E-state index < -0.39 is 11.6 Å². The summed E-state index contributed by atoms with van der Waals surface area (Å²) in [7, 11) is 0. The maximum absolute atomic E-state index is 13.9. The van der Waals surface area contributed by atoms with Gasteiger partial charge in [0.15, 0.2) is 5.82 Å². The van der Waals surface area contributed by atoms with E-state index in [0.717, 1.165) is 6.07 Å². The Labute approximate surface area is 140 Å². The number of hydrogen-bond donors (Lipinski definition) is 2. The van der Waals surface area contributed by atoms with Crippen LogP contribution in [0.1, 0.15) is 0 Å². The Morgan fingerprint density at radius 2 is 1.64 bits per heavy atom. The van der Waals surface area contributed by atoms with E-state index in [0.29, 0.717) is 22.2 Å². The van der Waals surface area contributed by atoms with Crippen LogP contribution in [0.2, 0.25) is 0 Å². The highest BCUT2D eigenvalue weighted by atomic mass is 19.1. The average molecular weight is 340 g/mol. The third-order valence-electron chi connectivity index (χ3n) is 3.83. The lowest BCUT2D eigenvalue weighted by Gasteiger charge is -2.06. The zero-order valence-electron chi connectivity index (χ0n) is 12.7. The van der Waals surface area contributed by atoms with Crippen molar-refractivity contribution in [2.75, 3.05) is 5.73 Å². The summed E-state index contributed by atoms with van der Waals surface area (Å²) in [6.07, 6.45) is 1.50. The highest BCUT2D eigenvalue weighted by Crippen LogP contribution is 2.30. The Kier molecular flexibility index (Phi) is 3.42. The van der Waals surface area contributed by atoms with Gasteiger partial charge in [0.2, 0.25) is 0 Å². The van der Waals surface area contributed by atoms with E-state index in [1.807, 2.05) is 0 Å². The summed E-state index contributed by atoms with van der Waals surface area (Å²) < 4.78 is 40.5. The molecule has 2 heterocycles. The largest absolute Gasteiger partial charge is 0.384 e. The number of nitrogen functional groups attached to an aromatic ring is 1. The third kappa shape index (κ3) is 2.69. The fraction of sp³-hybridized carbons (Fsp3) is 0. The maximum atomic E-state index is 13.9. The first kappa shape index (κ1) is 15.2. The van der Waals surface area contributed by atoms with Gasteiger partial charge in [-0.05, 0) is 30.3 Å². The molecule has 25 heavy (non-hydrogen) atoms. The second-order valence-corrected chi connectivity index (χ2v) is 5.52. The van der Waals surface area contributed by atoms with Crippen LogP contribution < -0.4 is 5.73 Å². The number of hydrogen-bond acceptors (Lipinski definition) is 3. The number of nitrogens with two attached hydrogens (primary N) is 1. The molecule has 0 radical (unpaired) electrons. The van der Waals surface area contributed by atoms with Gasteiger partial charge in [0.1, 0.15) is 23.3 Å². The van der Waals surface area contributed by atoms with Crippen molar-refractivity contribution in [1.29, 1.82) is 0 Å². The van der Waals surface area contributed by atoms with Gasteiger partial charge in [0, 0.05) is 34.8 Å². The fourth-order valence-electron chi connectivity index (χ4n) is 2.69. The molecule has 7 heteroatoms. The van der Waals surface area contributed by atoms with Crippen molar-refractivity contribution in [2.45, 2.75) is 0 Å². The Morgan fingerprint density at radius 1 is 0.880 bits per heavy atom. The molecule has 0 saturated carbocycles. The molecule has 0 aliphatic rings. The molecule has 0 aliphatic carbocycles. The van der Waals surface area contributed by atoms with Gasteiger partial charge in [-0.3, -0.25) is 0 Å². The molecule has 0 fully saturated rings. The second kappa shape index (κ2) is 5.62. The Hall–Kier alpha value is -3.35. The first-order chi connectivity index (χ1) is 12.0. The molecule has 4 aromatic rings. The summed E-state index contributed by atoms with van der Waals surface area (Å²) in [4.78, 5) is 11.3. The number of nitrogens with zero attached hydrogens (tertiary/aromatic N) is 2. The highest BCUT2D eigenvalue weighted by molar-refractivity contribution is 5.94. The van der Waals surface area contributed by atoms with Crippen LogP contribution in [0.3, 0.4) is 0 Å². The Bertz CT molecular complexity index is 1090. The zero-order valence-corrected chi connectivity index (χ0v) is 12.7. The first-order valence-electron chi connectivity index (χ1n) is 7.38. The number of nitrogens with one attached hydrogen (secondary N) is 1. The minimum absolute atomic E-state index is 0.158. The molecular formula is C18H11F3N4. The second-order valence-electron chi connectivity index (χ2n) is 5.52. The monoisotopic (exact) mass is 340 g/mol. The van der Waals surface area contributed by atoms with E-state index in [2.05, 4.69) is 15.0 Å². The molecule has 0 amide bonds. The minimum atomic E-state index is -0.705. The normalized spacial score (nSPS) is 11.2. The van der Waals surface area contributed by atoms with Gasteiger partial charge in [-0.15, -0.1) is 0 Å². The fourth-order valence-corrected chi connectivity index (χ4v) is 2.69. The Balaban J connectivity index is 1.90. The molecule has 0 saturated heterocycles. The quantitative estimate of drug-likeness (QED) is 0.572. The molecule has 0 unspecified atom stereocenters. The van der Waals surface area contributed by atoms with Crippen molar-refractivity contribution in [3.8, 4) is 22.6 Å². The first-order valence-corrected chi connectivity index (χ1v) is 7.38. The summed E-state index contributed by atoms with van der Waals surface area (Å²) >= 11 is 0. The van der Waals surface area contributed by atoms with Gasteiger partial charge in [-0.25, -0.2) is 23.1 Å². The number of aromatic nitrogens is 3. The molecule has 0 bridgehead atoms. The molecular weight excluding hydrogens is 329 g/mol. The lowest BCUT2D eigenvalue weighted by atomic mass is 10.1.